The van der Waals surface area contributed by atoms with Crippen LogP contribution in [0.5, 0.6) is 5.75 Å². The largest absolute Gasteiger partial charge is 0.488 e. The van der Waals surface area contributed by atoms with Gasteiger partial charge in [-0.3, -0.25) is 4.79 Å². The van der Waals surface area contributed by atoms with Crippen LogP contribution in [0.4, 0.5) is 0 Å². The Morgan fingerprint density at radius 3 is 2.69 bits per heavy atom. The molecule has 2 aromatic heterocycles. The SMILES string of the molecule is CC[C@@H]1CCCCN1C(=O)c1ccc(-n2nc(-c3nnc(C)o3)c3c2-c2ccccc2OC3)cc1. The Labute approximate surface area is 203 Å². The molecule has 1 saturated heterocycles. The summed E-state index contributed by atoms with van der Waals surface area (Å²) in [6.45, 7) is 5.10. The molecule has 8 heteroatoms. The van der Waals surface area contributed by atoms with E-state index in [-0.39, 0.29) is 5.91 Å². The molecule has 0 saturated carbocycles. The van der Waals surface area contributed by atoms with E-state index in [0.29, 0.717) is 35.7 Å². The molecule has 1 amide bonds. The number of benzene rings is 2. The van der Waals surface area contributed by atoms with Crippen LogP contribution in [-0.4, -0.2) is 43.4 Å². The van der Waals surface area contributed by atoms with Crippen molar-refractivity contribution in [2.24, 2.45) is 0 Å². The molecule has 1 fully saturated rings. The third kappa shape index (κ3) is 3.69. The van der Waals surface area contributed by atoms with Crippen molar-refractivity contribution in [1.29, 1.82) is 0 Å². The average molecular weight is 470 g/mol. The van der Waals surface area contributed by atoms with Crippen molar-refractivity contribution >= 4 is 5.91 Å². The lowest BCUT2D eigenvalue weighted by Crippen LogP contribution is -2.43. The van der Waals surface area contributed by atoms with Gasteiger partial charge in [0.1, 0.15) is 12.4 Å². The van der Waals surface area contributed by atoms with Crippen LogP contribution in [0.1, 0.15) is 54.4 Å². The van der Waals surface area contributed by atoms with Crippen LogP contribution in [0, 0.1) is 6.92 Å². The van der Waals surface area contributed by atoms with Gasteiger partial charge in [0.15, 0.2) is 5.69 Å². The van der Waals surface area contributed by atoms with E-state index in [4.69, 9.17) is 14.3 Å². The summed E-state index contributed by atoms with van der Waals surface area (Å²) in [7, 11) is 0. The number of nitrogens with zero attached hydrogens (tertiary/aromatic N) is 5. The van der Waals surface area contributed by atoms with E-state index in [1.807, 2.05) is 58.1 Å². The van der Waals surface area contributed by atoms with E-state index in [9.17, 15) is 4.79 Å². The van der Waals surface area contributed by atoms with Crippen molar-refractivity contribution in [2.75, 3.05) is 6.54 Å². The maximum Gasteiger partial charge on any atom is 0.268 e. The summed E-state index contributed by atoms with van der Waals surface area (Å²) >= 11 is 0. The highest BCUT2D eigenvalue weighted by atomic mass is 16.5. The quantitative estimate of drug-likeness (QED) is 0.409. The van der Waals surface area contributed by atoms with Crippen molar-refractivity contribution in [3.63, 3.8) is 0 Å². The van der Waals surface area contributed by atoms with Crippen LogP contribution < -0.4 is 4.74 Å². The van der Waals surface area contributed by atoms with E-state index in [1.165, 1.54) is 6.42 Å². The van der Waals surface area contributed by atoms with Crippen LogP contribution >= 0.6 is 0 Å². The van der Waals surface area contributed by atoms with Gasteiger partial charge >= 0.3 is 0 Å². The van der Waals surface area contributed by atoms with Gasteiger partial charge in [-0.2, -0.15) is 5.10 Å². The van der Waals surface area contributed by atoms with Gasteiger partial charge in [0.25, 0.3) is 11.8 Å². The molecule has 0 aliphatic carbocycles. The molecule has 0 N–H and O–H groups in total. The Bertz CT molecular complexity index is 1390. The number of carbonyl (C=O) groups excluding carboxylic acids is 1. The lowest BCUT2D eigenvalue weighted by atomic mass is 9.99. The minimum Gasteiger partial charge on any atom is -0.488 e. The summed E-state index contributed by atoms with van der Waals surface area (Å²) < 4.78 is 13.6. The lowest BCUT2D eigenvalue weighted by molar-refractivity contribution is 0.0608. The number of hydrogen-bond acceptors (Lipinski definition) is 6. The van der Waals surface area contributed by atoms with Gasteiger partial charge in [0.05, 0.1) is 11.4 Å². The van der Waals surface area contributed by atoms with Crippen LogP contribution in [-0.2, 0) is 6.61 Å². The molecule has 2 aliphatic heterocycles. The van der Waals surface area contributed by atoms with E-state index < -0.39 is 0 Å². The standard InChI is InChI=1S/C27H27N5O3/c1-3-19-8-6-7-15-31(19)27(33)18-11-13-20(14-12-18)32-25-21-9-4-5-10-23(21)34-16-22(25)24(30-32)26-29-28-17(2)35-26/h4-5,9-14,19H,3,6-8,15-16H2,1-2H3/t19-/m1/s1. The number of fused-ring (bicyclic) bond motifs is 3. The van der Waals surface area contributed by atoms with Gasteiger partial charge in [-0.1, -0.05) is 19.1 Å². The summed E-state index contributed by atoms with van der Waals surface area (Å²) in [5.74, 6) is 1.75. The number of likely N-dealkylation sites (tertiary alicyclic amines) is 1. The van der Waals surface area contributed by atoms with Crippen molar-refractivity contribution < 1.29 is 13.9 Å². The zero-order valence-corrected chi connectivity index (χ0v) is 19.9. The second-order valence-electron chi connectivity index (χ2n) is 9.10. The third-order valence-electron chi connectivity index (χ3n) is 6.94. The van der Waals surface area contributed by atoms with E-state index in [1.54, 1.807) is 6.92 Å². The van der Waals surface area contributed by atoms with Crippen molar-refractivity contribution in [3.05, 3.63) is 65.5 Å². The number of aryl methyl sites for hydroxylation is 1. The second kappa shape index (κ2) is 8.69. The zero-order valence-electron chi connectivity index (χ0n) is 19.9. The number of para-hydroxylation sites is 1. The average Bonchev–Trinajstić information content (AvgIpc) is 3.52. The first kappa shape index (κ1) is 21.6. The molecular weight excluding hydrogens is 442 g/mol. The first-order chi connectivity index (χ1) is 17.1. The Morgan fingerprint density at radius 2 is 1.91 bits per heavy atom. The van der Waals surface area contributed by atoms with Crippen LogP contribution in [0.15, 0.2) is 52.9 Å². The van der Waals surface area contributed by atoms with Gasteiger partial charge in [-0.15, -0.1) is 10.2 Å². The van der Waals surface area contributed by atoms with Crippen molar-refractivity contribution in [3.8, 4) is 34.3 Å². The van der Waals surface area contributed by atoms with E-state index in [0.717, 1.165) is 54.1 Å². The van der Waals surface area contributed by atoms with Crippen LogP contribution in [0.25, 0.3) is 28.5 Å². The summed E-state index contributed by atoms with van der Waals surface area (Å²) in [4.78, 5) is 15.3. The molecule has 2 aromatic carbocycles. The monoisotopic (exact) mass is 469 g/mol. The highest BCUT2D eigenvalue weighted by Gasteiger charge is 2.30. The molecule has 0 unspecified atom stereocenters. The number of carbonyl (C=O) groups is 1. The number of aromatic nitrogens is 4. The first-order valence-electron chi connectivity index (χ1n) is 12.2. The molecule has 178 valence electrons. The maximum atomic E-state index is 13.3. The van der Waals surface area contributed by atoms with Gasteiger partial charge in [0.2, 0.25) is 5.89 Å². The fourth-order valence-corrected chi connectivity index (χ4v) is 5.16. The Hall–Kier alpha value is -3.94. The summed E-state index contributed by atoms with van der Waals surface area (Å²) in [6.07, 6.45) is 4.33. The number of rotatable bonds is 4. The van der Waals surface area contributed by atoms with E-state index in [2.05, 4.69) is 17.1 Å². The van der Waals surface area contributed by atoms with Gasteiger partial charge in [-0.25, -0.2) is 4.68 Å². The fourth-order valence-electron chi connectivity index (χ4n) is 5.16. The molecule has 6 rings (SSSR count). The molecule has 35 heavy (non-hydrogen) atoms. The molecule has 0 radical (unpaired) electrons. The molecule has 0 bridgehead atoms. The van der Waals surface area contributed by atoms with Gasteiger partial charge in [-0.05, 0) is 62.1 Å². The molecular formula is C27H27N5O3. The van der Waals surface area contributed by atoms with E-state index >= 15 is 0 Å². The molecule has 2 aliphatic rings. The normalized spacial score (nSPS) is 17.0. The van der Waals surface area contributed by atoms with Crippen LogP contribution in [0.3, 0.4) is 0 Å². The van der Waals surface area contributed by atoms with Crippen LogP contribution in [0.2, 0.25) is 0 Å². The van der Waals surface area contributed by atoms with Gasteiger partial charge < -0.3 is 14.1 Å². The minimum absolute atomic E-state index is 0.103. The smallest absolute Gasteiger partial charge is 0.268 e. The second-order valence-corrected chi connectivity index (χ2v) is 9.10. The number of ether oxygens (including phenoxy) is 1. The molecule has 8 nitrogen and oxygen atoms in total. The number of piperidine rings is 1. The number of hydrogen-bond donors (Lipinski definition) is 0. The maximum absolute atomic E-state index is 13.3. The Morgan fingerprint density at radius 1 is 1.09 bits per heavy atom. The minimum atomic E-state index is 0.103. The zero-order chi connectivity index (χ0) is 23.9. The third-order valence-corrected chi connectivity index (χ3v) is 6.94. The molecule has 0 spiro atoms. The summed E-state index contributed by atoms with van der Waals surface area (Å²) in [6, 6.07) is 15.9. The summed E-state index contributed by atoms with van der Waals surface area (Å²) in [5, 5.41) is 13.1. The molecule has 1 atom stereocenters. The topological polar surface area (TPSA) is 86.3 Å². The highest BCUT2D eigenvalue weighted by Crippen LogP contribution is 2.42. The van der Waals surface area contributed by atoms with Gasteiger partial charge in [0, 0.05) is 36.2 Å². The number of amides is 1. The highest BCUT2D eigenvalue weighted by molar-refractivity contribution is 5.94. The van der Waals surface area contributed by atoms with Crippen molar-refractivity contribution in [2.45, 2.75) is 52.2 Å². The fraction of sp³-hybridized carbons (Fsp3) is 0.333. The lowest BCUT2D eigenvalue weighted by Gasteiger charge is -2.35. The summed E-state index contributed by atoms with van der Waals surface area (Å²) in [5.41, 5.74) is 4.93. The molecule has 4 heterocycles. The Kier molecular flexibility index (Phi) is 5.36. The predicted molar refractivity (Wildman–Crippen MR) is 130 cm³/mol. The van der Waals surface area contributed by atoms with Crippen molar-refractivity contribution in [1.82, 2.24) is 24.9 Å². The predicted octanol–water partition coefficient (Wildman–Crippen LogP) is 5.19. The first-order valence-corrected chi connectivity index (χ1v) is 12.2. The molecule has 4 aromatic rings. The Balaban J connectivity index is 1.41.